The number of hydrogen-bond acceptors (Lipinski definition) is 5. The quantitative estimate of drug-likeness (QED) is 0.889. The van der Waals surface area contributed by atoms with E-state index in [-0.39, 0.29) is 5.95 Å². The zero-order chi connectivity index (χ0) is 13.2. The van der Waals surface area contributed by atoms with Crippen LogP contribution in [-0.2, 0) is 0 Å². The van der Waals surface area contributed by atoms with Gasteiger partial charge in [-0.25, -0.2) is 9.97 Å². The maximum atomic E-state index is 5.68. The second kappa shape index (κ2) is 4.61. The standard InChI is InChI=1S/C14H14N4O/c1-18-6-2-4-10(9-18)11-8-16-14(15)17-13(11)12-5-3-7-19-12/h2-5,7-9H,6H2,1H3,(H2,15,16,17). The van der Waals surface area contributed by atoms with Crippen molar-refractivity contribution < 1.29 is 4.42 Å². The average Bonchev–Trinajstić information content (AvgIpc) is 2.92. The van der Waals surface area contributed by atoms with Gasteiger partial charge in [0.2, 0.25) is 5.95 Å². The minimum atomic E-state index is 0.240. The van der Waals surface area contributed by atoms with Crippen molar-refractivity contribution in [3.63, 3.8) is 0 Å². The van der Waals surface area contributed by atoms with Gasteiger partial charge in [0, 0.05) is 37.1 Å². The summed E-state index contributed by atoms with van der Waals surface area (Å²) in [4.78, 5) is 10.5. The van der Waals surface area contributed by atoms with E-state index in [1.165, 1.54) is 0 Å². The predicted molar refractivity (Wildman–Crippen MR) is 73.9 cm³/mol. The van der Waals surface area contributed by atoms with Crippen LogP contribution in [0, 0.1) is 0 Å². The first-order valence-corrected chi connectivity index (χ1v) is 5.99. The van der Waals surface area contributed by atoms with Crippen LogP contribution >= 0.6 is 0 Å². The van der Waals surface area contributed by atoms with Gasteiger partial charge in [-0.3, -0.25) is 0 Å². The molecule has 0 aromatic carbocycles. The normalized spacial score (nSPS) is 14.6. The Bertz CT molecular complexity index is 643. The van der Waals surface area contributed by atoms with E-state index in [0.29, 0.717) is 11.5 Å². The lowest BCUT2D eigenvalue weighted by Gasteiger charge is -2.18. The summed E-state index contributed by atoms with van der Waals surface area (Å²) in [5.41, 5.74) is 8.34. The van der Waals surface area contributed by atoms with Crippen molar-refractivity contribution in [3.05, 3.63) is 48.5 Å². The van der Waals surface area contributed by atoms with Gasteiger partial charge in [-0.15, -0.1) is 0 Å². The molecule has 0 bridgehead atoms. The van der Waals surface area contributed by atoms with Crippen molar-refractivity contribution in [2.24, 2.45) is 0 Å². The fourth-order valence-corrected chi connectivity index (χ4v) is 2.05. The molecule has 2 N–H and O–H groups in total. The highest BCUT2D eigenvalue weighted by atomic mass is 16.3. The largest absolute Gasteiger partial charge is 0.463 e. The average molecular weight is 254 g/mol. The summed E-state index contributed by atoms with van der Waals surface area (Å²) in [6.07, 6.45) is 9.56. The Morgan fingerprint density at radius 1 is 1.42 bits per heavy atom. The van der Waals surface area contributed by atoms with Gasteiger partial charge in [-0.1, -0.05) is 12.2 Å². The number of rotatable bonds is 2. The van der Waals surface area contributed by atoms with Crippen molar-refractivity contribution >= 4 is 11.5 Å². The Kier molecular flexibility index (Phi) is 2.79. The van der Waals surface area contributed by atoms with Crippen LogP contribution in [0.15, 0.2) is 47.4 Å². The third kappa shape index (κ3) is 2.22. The van der Waals surface area contributed by atoms with Gasteiger partial charge in [-0.2, -0.15) is 0 Å². The Hall–Kier alpha value is -2.56. The second-order valence-electron chi connectivity index (χ2n) is 4.39. The molecule has 5 nitrogen and oxygen atoms in total. The second-order valence-corrected chi connectivity index (χ2v) is 4.39. The van der Waals surface area contributed by atoms with E-state index in [0.717, 1.165) is 17.7 Å². The van der Waals surface area contributed by atoms with E-state index < -0.39 is 0 Å². The molecule has 5 heteroatoms. The van der Waals surface area contributed by atoms with E-state index >= 15 is 0 Å². The lowest BCUT2D eigenvalue weighted by molar-refractivity contribution is 0.507. The van der Waals surface area contributed by atoms with Crippen LogP contribution in [0.3, 0.4) is 0 Å². The molecule has 0 atom stereocenters. The molecular weight excluding hydrogens is 240 g/mol. The molecule has 0 unspecified atom stereocenters. The molecular formula is C14H14N4O. The number of nitrogens with two attached hydrogens (primary N) is 1. The molecule has 19 heavy (non-hydrogen) atoms. The van der Waals surface area contributed by atoms with Gasteiger partial charge in [-0.05, 0) is 12.1 Å². The molecule has 3 rings (SSSR count). The molecule has 2 aromatic heterocycles. The molecule has 2 aromatic rings. The number of allylic oxidation sites excluding steroid dienone is 2. The highest BCUT2D eigenvalue weighted by molar-refractivity contribution is 5.82. The van der Waals surface area contributed by atoms with Crippen LogP contribution in [0.25, 0.3) is 17.0 Å². The Morgan fingerprint density at radius 2 is 2.32 bits per heavy atom. The summed E-state index contributed by atoms with van der Waals surface area (Å²) in [6, 6.07) is 3.69. The third-order valence-electron chi connectivity index (χ3n) is 2.92. The van der Waals surface area contributed by atoms with Crippen LogP contribution in [0.2, 0.25) is 0 Å². The van der Waals surface area contributed by atoms with Crippen molar-refractivity contribution in [1.29, 1.82) is 0 Å². The molecule has 96 valence electrons. The van der Waals surface area contributed by atoms with Gasteiger partial charge >= 0.3 is 0 Å². The van der Waals surface area contributed by atoms with Crippen molar-refractivity contribution in [2.75, 3.05) is 19.3 Å². The maximum Gasteiger partial charge on any atom is 0.220 e. The minimum Gasteiger partial charge on any atom is -0.463 e. The minimum absolute atomic E-state index is 0.240. The number of furan rings is 1. The van der Waals surface area contributed by atoms with Crippen molar-refractivity contribution in [1.82, 2.24) is 14.9 Å². The first-order chi connectivity index (χ1) is 9.24. The Balaban J connectivity index is 2.14. The van der Waals surface area contributed by atoms with Gasteiger partial charge in [0.15, 0.2) is 5.76 Å². The first-order valence-electron chi connectivity index (χ1n) is 5.99. The zero-order valence-corrected chi connectivity index (χ0v) is 10.6. The van der Waals surface area contributed by atoms with Crippen LogP contribution in [0.5, 0.6) is 0 Å². The molecule has 0 spiro atoms. The fraction of sp³-hybridized carbons (Fsp3) is 0.143. The molecule has 0 amide bonds. The highest BCUT2D eigenvalue weighted by Crippen LogP contribution is 2.29. The molecule has 0 aliphatic carbocycles. The summed E-state index contributed by atoms with van der Waals surface area (Å²) in [7, 11) is 2.02. The first kappa shape index (κ1) is 11.5. The zero-order valence-electron chi connectivity index (χ0n) is 10.6. The van der Waals surface area contributed by atoms with E-state index in [1.54, 1.807) is 12.5 Å². The summed E-state index contributed by atoms with van der Waals surface area (Å²) in [6.45, 7) is 0.898. The molecule has 0 saturated heterocycles. The number of hydrogen-bond donors (Lipinski definition) is 1. The number of anilines is 1. The van der Waals surface area contributed by atoms with Gasteiger partial charge in [0.05, 0.1) is 6.26 Å². The monoisotopic (exact) mass is 254 g/mol. The van der Waals surface area contributed by atoms with Crippen LogP contribution < -0.4 is 5.73 Å². The topological polar surface area (TPSA) is 68.2 Å². The summed E-state index contributed by atoms with van der Waals surface area (Å²) < 4.78 is 5.42. The van der Waals surface area contributed by atoms with Crippen LogP contribution in [-0.4, -0.2) is 28.5 Å². The van der Waals surface area contributed by atoms with Crippen LogP contribution in [0.1, 0.15) is 5.56 Å². The molecule has 0 fully saturated rings. The van der Waals surface area contributed by atoms with Crippen molar-refractivity contribution in [2.45, 2.75) is 0 Å². The van der Waals surface area contributed by atoms with Gasteiger partial charge in [0.1, 0.15) is 5.69 Å². The van der Waals surface area contributed by atoms with Crippen molar-refractivity contribution in [3.8, 4) is 11.5 Å². The third-order valence-corrected chi connectivity index (χ3v) is 2.92. The number of likely N-dealkylation sites (N-methyl/N-ethyl adjacent to an activating group) is 1. The van der Waals surface area contributed by atoms with E-state index in [9.17, 15) is 0 Å². The number of aromatic nitrogens is 2. The number of nitrogen functional groups attached to an aromatic ring is 1. The highest BCUT2D eigenvalue weighted by Gasteiger charge is 2.15. The lowest BCUT2D eigenvalue weighted by Crippen LogP contribution is -2.14. The van der Waals surface area contributed by atoms with Crippen LogP contribution in [0.4, 0.5) is 5.95 Å². The smallest absolute Gasteiger partial charge is 0.220 e. The van der Waals surface area contributed by atoms with E-state index in [2.05, 4.69) is 33.2 Å². The molecule has 0 saturated carbocycles. The SMILES string of the molecule is CN1C=C(c2cnc(N)nc2-c2ccco2)C=CC1. The Morgan fingerprint density at radius 3 is 3.05 bits per heavy atom. The van der Waals surface area contributed by atoms with E-state index in [4.69, 9.17) is 10.2 Å². The molecule has 1 aliphatic heterocycles. The summed E-state index contributed by atoms with van der Waals surface area (Å²) >= 11 is 0. The van der Waals surface area contributed by atoms with Gasteiger partial charge in [0.25, 0.3) is 0 Å². The number of nitrogens with zero attached hydrogens (tertiary/aromatic N) is 3. The predicted octanol–water partition coefficient (Wildman–Crippen LogP) is 2.16. The summed E-state index contributed by atoms with van der Waals surface area (Å²) in [5, 5.41) is 0. The fourth-order valence-electron chi connectivity index (χ4n) is 2.05. The lowest BCUT2D eigenvalue weighted by atomic mass is 10.0. The maximum absolute atomic E-state index is 5.68. The summed E-state index contributed by atoms with van der Waals surface area (Å²) in [5.74, 6) is 0.926. The molecule has 3 heterocycles. The Labute approximate surface area is 111 Å². The molecule has 0 radical (unpaired) electrons. The molecule has 1 aliphatic rings. The van der Waals surface area contributed by atoms with E-state index in [1.807, 2.05) is 19.2 Å². The van der Waals surface area contributed by atoms with Gasteiger partial charge < -0.3 is 15.1 Å².